The van der Waals surface area contributed by atoms with Crippen LogP contribution in [-0.4, -0.2) is 39.2 Å². The number of benzene rings is 2. The second kappa shape index (κ2) is 9.47. The second-order valence-electron chi connectivity index (χ2n) is 7.71. The summed E-state index contributed by atoms with van der Waals surface area (Å²) >= 11 is 0. The van der Waals surface area contributed by atoms with E-state index in [0.717, 1.165) is 0 Å². The molecule has 0 saturated heterocycles. The second-order valence-corrected chi connectivity index (χ2v) is 9.36. The number of carbonyl (C=O) groups is 1. The van der Waals surface area contributed by atoms with Crippen LogP contribution in [0, 0.1) is 6.92 Å². The number of rotatable bonds is 6. The molecule has 3 aromatic heterocycles. The van der Waals surface area contributed by atoms with Gasteiger partial charge < -0.3 is 0 Å². The molecule has 0 unspecified atom stereocenters. The quantitative estimate of drug-likeness (QED) is 0.361. The molecule has 0 aliphatic carbocycles. The fraction of sp³-hybridized carbons (Fsp3) is 0.0400. The van der Waals surface area contributed by atoms with Crippen molar-refractivity contribution in [3.8, 4) is 11.5 Å². The van der Waals surface area contributed by atoms with E-state index >= 15 is 0 Å². The third kappa shape index (κ3) is 4.86. The van der Waals surface area contributed by atoms with Crippen molar-refractivity contribution in [3.05, 3.63) is 96.6 Å². The molecule has 5 rings (SSSR count). The molecule has 36 heavy (non-hydrogen) atoms. The van der Waals surface area contributed by atoms with Crippen molar-refractivity contribution in [2.75, 3.05) is 10.0 Å². The Labute approximate surface area is 206 Å². The average molecular weight is 498 g/mol. The van der Waals surface area contributed by atoms with Gasteiger partial charge in [0.1, 0.15) is 16.4 Å². The van der Waals surface area contributed by atoms with Gasteiger partial charge in [-0.2, -0.15) is 9.97 Å². The summed E-state index contributed by atoms with van der Waals surface area (Å²) in [6, 6.07) is 19.8. The molecule has 0 aliphatic heterocycles. The maximum Gasteiger partial charge on any atom is 0.264 e. The number of hydrogen-bond donors (Lipinski definition) is 2. The Hall–Kier alpha value is -4.77. The predicted octanol–water partition coefficient (Wildman–Crippen LogP) is 3.84. The monoisotopic (exact) mass is 497 g/mol. The van der Waals surface area contributed by atoms with Crippen LogP contribution in [-0.2, 0) is 10.0 Å². The molecule has 2 N–H and O–H groups in total. The van der Waals surface area contributed by atoms with E-state index in [1.807, 2.05) is 6.07 Å². The number of pyridine rings is 2. The summed E-state index contributed by atoms with van der Waals surface area (Å²) in [5, 5.41) is 3.36. The lowest BCUT2D eigenvalue weighted by atomic mass is 10.2. The molecule has 0 radical (unpaired) electrons. The van der Waals surface area contributed by atoms with Crippen LogP contribution in [0.25, 0.3) is 22.4 Å². The predicted molar refractivity (Wildman–Crippen MR) is 135 cm³/mol. The Morgan fingerprint density at radius 3 is 2.36 bits per heavy atom. The van der Waals surface area contributed by atoms with Crippen LogP contribution in [0.5, 0.6) is 0 Å². The van der Waals surface area contributed by atoms with E-state index in [9.17, 15) is 13.2 Å². The first-order valence-electron chi connectivity index (χ1n) is 10.8. The summed E-state index contributed by atoms with van der Waals surface area (Å²) in [5.74, 6) is 0.390. The minimum atomic E-state index is -3.90. The van der Waals surface area contributed by atoms with Gasteiger partial charge in [0.15, 0.2) is 5.82 Å². The SMILES string of the molecule is Cc1nc(NC(=O)c2ccc(NS(=O)(=O)c3cccc4cccnc34)cc2)nc(-c2ccccn2)n1. The van der Waals surface area contributed by atoms with Crippen LogP contribution in [0.15, 0.2) is 90.1 Å². The lowest BCUT2D eigenvalue weighted by Crippen LogP contribution is -2.16. The van der Waals surface area contributed by atoms with Gasteiger partial charge in [-0.25, -0.2) is 13.4 Å². The summed E-state index contributed by atoms with van der Waals surface area (Å²) in [5.41, 5.74) is 1.52. The van der Waals surface area contributed by atoms with Gasteiger partial charge >= 0.3 is 0 Å². The molecule has 0 fully saturated rings. The van der Waals surface area contributed by atoms with Crippen LogP contribution in [0.4, 0.5) is 11.6 Å². The number of aromatic nitrogens is 5. The average Bonchev–Trinajstić information content (AvgIpc) is 2.88. The molecule has 0 bridgehead atoms. The standard InChI is InChI=1S/C25H19N7O3S/c1-16-28-23(20-8-2-3-14-26-20)30-25(29-16)31-24(33)18-10-12-19(13-11-18)32-36(34,35)21-9-4-6-17-7-5-15-27-22(17)21/h2-15,32H,1H3,(H,28,29,30,31,33). The van der Waals surface area contributed by atoms with Crippen LogP contribution in [0.2, 0.25) is 0 Å². The number of fused-ring (bicyclic) bond motifs is 1. The number of carbonyl (C=O) groups excluding carboxylic acids is 1. The van der Waals surface area contributed by atoms with Crippen LogP contribution >= 0.6 is 0 Å². The number of hydrogen-bond acceptors (Lipinski definition) is 8. The zero-order chi connectivity index (χ0) is 25.1. The highest BCUT2D eigenvalue weighted by atomic mass is 32.2. The van der Waals surface area contributed by atoms with Crippen LogP contribution in [0.1, 0.15) is 16.2 Å². The van der Waals surface area contributed by atoms with Crippen molar-refractivity contribution >= 4 is 38.5 Å². The van der Waals surface area contributed by atoms with Gasteiger partial charge in [-0.05, 0) is 55.5 Å². The first-order chi connectivity index (χ1) is 17.4. The Bertz CT molecular complexity index is 1670. The number of anilines is 2. The van der Waals surface area contributed by atoms with Gasteiger partial charge in [0.2, 0.25) is 5.95 Å². The number of nitrogens with one attached hydrogen (secondary N) is 2. The molecule has 0 spiro atoms. The zero-order valence-corrected chi connectivity index (χ0v) is 19.8. The number of amides is 1. The summed E-state index contributed by atoms with van der Waals surface area (Å²) in [4.78, 5) is 34.0. The fourth-order valence-corrected chi connectivity index (χ4v) is 4.75. The van der Waals surface area contributed by atoms with Gasteiger partial charge in [-0.1, -0.05) is 24.3 Å². The highest BCUT2D eigenvalue weighted by Gasteiger charge is 2.19. The molecule has 0 saturated carbocycles. The molecule has 0 aliphatic rings. The number of para-hydroxylation sites is 1. The van der Waals surface area contributed by atoms with Crippen LogP contribution < -0.4 is 10.0 Å². The Morgan fingerprint density at radius 1 is 0.806 bits per heavy atom. The molecule has 10 nitrogen and oxygen atoms in total. The Morgan fingerprint density at radius 2 is 1.58 bits per heavy atom. The molecule has 178 valence electrons. The fourth-order valence-electron chi connectivity index (χ4n) is 3.51. The molecule has 11 heteroatoms. The van der Waals surface area contributed by atoms with Crippen molar-refractivity contribution in [3.63, 3.8) is 0 Å². The van der Waals surface area contributed by atoms with Gasteiger partial charge in [-0.15, -0.1) is 0 Å². The topological polar surface area (TPSA) is 140 Å². The largest absolute Gasteiger partial charge is 0.290 e. The van der Waals surface area contributed by atoms with E-state index < -0.39 is 15.9 Å². The van der Waals surface area contributed by atoms with Crippen molar-refractivity contribution in [2.45, 2.75) is 11.8 Å². The van der Waals surface area contributed by atoms with Crippen molar-refractivity contribution < 1.29 is 13.2 Å². The molecular weight excluding hydrogens is 478 g/mol. The lowest BCUT2D eigenvalue weighted by molar-refractivity contribution is 0.102. The van der Waals surface area contributed by atoms with Crippen LogP contribution in [0.3, 0.4) is 0 Å². The van der Waals surface area contributed by atoms with Gasteiger partial charge in [0.05, 0.1) is 5.52 Å². The summed E-state index contributed by atoms with van der Waals surface area (Å²) in [6.45, 7) is 1.69. The summed E-state index contributed by atoms with van der Waals surface area (Å²) in [6.07, 6.45) is 3.17. The third-order valence-electron chi connectivity index (χ3n) is 5.15. The van der Waals surface area contributed by atoms with Gasteiger partial charge in [0, 0.05) is 29.0 Å². The van der Waals surface area contributed by atoms with E-state index in [4.69, 9.17) is 0 Å². The molecule has 5 aromatic rings. The van der Waals surface area contributed by atoms with E-state index in [1.54, 1.807) is 55.7 Å². The van der Waals surface area contributed by atoms with Gasteiger partial charge in [-0.3, -0.25) is 24.8 Å². The molecular formula is C25H19N7O3S. The van der Waals surface area contributed by atoms with Crippen molar-refractivity contribution in [2.24, 2.45) is 0 Å². The summed E-state index contributed by atoms with van der Waals surface area (Å²) < 4.78 is 28.5. The maximum atomic E-state index is 13.0. The minimum absolute atomic E-state index is 0.0661. The summed E-state index contributed by atoms with van der Waals surface area (Å²) in [7, 11) is -3.90. The zero-order valence-electron chi connectivity index (χ0n) is 19.0. The first kappa shape index (κ1) is 23.0. The highest BCUT2D eigenvalue weighted by molar-refractivity contribution is 7.93. The Kier molecular flexibility index (Phi) is 6.05. The van der Waals surface area contributed by atoms with E-state index in [-0.39, 0.29) is 10.8 Å². The normalized spacial score (nSPS) is 11.2. The minimum Gasteiger partial charge on any atom is -0.290 e. The van der Waals surface area contributed by atoms with E-state index in [0.29, 0.717) is 39.5 Å². The van der Waals surface area contributed by atoms with Gasteiger partial charge in [0.25, 0.3) is 15.9 Å². The first-order valence-corrected chi connectivity index (χ1v) is 12.3. The maximum absolute atomic E-state index is 13.0. The molecule has 0 atom stereocenters. The Balaban J connectivity index is 1.33. The third-order valence-corrected chi connectivity index (χ3v) is 6.56. The smallest absolute Gasteiger partial charge is 0.264 e. The number of sulfonamides is 1. The van der Waals surface area contributed by atoms with E-state index in [2.05, 4.69) is 35.0 Å². The highest BCUT2D eigenvalue weighted by Crippen LogP contribution is 2.23. The number of aryl methyl sites for hydroxylation is 1. The van der Waals surface area contributed by atoms with Crippen molar-refractivity contribution in [1.29, 1.82) is 0 Å². The lowest BCUT2D eigenvalue weighted by Gasteiger charge is -2.11. The molecule has 2 aromatic carbocycles. The van der Waals surface area contributed by atoms with Crippen molar-refractivity contribution in [1.82, 2.24) is 24.9 Å². The number of nitrogens with zero attached hydrogens (tertiary/aromatic N) is 5. The molecule has 1 amide bonds. The molecule has 3 heterocycles. The van der Waals surface area contributed by atoms with E-state index in [1.165, 1.54) is 30.3 Å².